The second-order valence-corrected chi connectivity index (χ2v) is 5.61. The first-order valence-corrected chi connectivity index (χ1v) is 7.43. The van der Waals surface area contributed by atoms with Gasteiger partial charge in [-0.05, 0) is 19.8 Å². The summed E-state index contributed by atoms with van der Waals surface area (Å²) in [4.78, 5) is 8.17. The molecule has 0 aliphatic rings. The average Bonchev–Trinajstić information content (AvgIpc) is 2.27. The molecular formula is C11H20N4OS. The maximum absolute atomic E-state index is 11.0. The zero-order chi connectivity index (χ0) is 12.8. The molecule has 0 radical (unpaired) electrons. The van der Waals surface area contributed by atoms with Crippen molar-refractivity contribution in [1.29, 1.82) is 0 Å². The second kappa shape index (κ2) is 6.54. The Morgan fingerprint density at radius 2 is 2.24 bits per heavy atom. The molecular weight excluding hydrogens is 236 g/mol. The van der Waals surface area contributed by atoms with E-state index in [9.17, 15) is 4.21 Å². The van der Waals surface area contributed by atoms with Crippen molar-refractivity contribution in [3.05, 3.63) is 11.9 Å². The van der Waals surface area contributed by atoms with Crippen molar-refractivity contribution in [3.8, 4) is 0 Å². The summed E-state index contributed by atoms with van der Waals surface area (Å²) in [5, 5.41) is 3.29. The van der Waals surface area contributed by atoms with Gasteiger partial charge in [0, 0.05) is 34.4 Å². The smallest absolute Gasteiger partial charge is 0.134 e. The summed E-state index contributed by atoms with van der Waals surface area (Å²) in [7, 11) is -0.753. The van der Waals surface area contributed by atoms with Crippen molar-refractivity contribution in [2.24, 2.45) is 0 Å². The van der Waals surface area contributed by atoms with E-state index in [1.54, 1.807) is 6.26 Å². The summed E-state index contributed by atoms with van der Waals surface area (Å²) >= 11 is 0. The van der Waals surface area contributed by atoms with Crippen LogP contribution in [0.5, 0.6) is 0 Å². The van der Waals surface area contributed by atoms with Crippen molar-refractivity contribution in [1.82, 2.24) is 9.97 Å². The number of nitrogens with zero attached hydrogens (tertiary/aromatic N) is 2. The highest BCUT2D eigenvalue weighted by atomic mass is 32.2. The number of nitrogens with one attached hydrogen (secondary N) is 1. The first kappa shape index (κ1) is 13.9. The minimum Gasteiger partial charge on any atom is -0.383 e. The third-order valence-electron chi connectivity index (χ3n) is 2.55. The van der Waals surface area contributed by atoms with Gasteiger partial charge in [-0.1, -0.05) is 6.92 Å². The lowest BCUT2D eigenvalue weighted by molar-refractivity contribution is 0.678. The minimum atomic E-state index is -0.753. The average molecular weight is 256 g/mol. The number of hydrogen-bond donors (Lipinski definition) is 2. The van der Waals surface area contributed by atoms with Gasteiger partial charge in [0.05, 0.1) is 0 Å². The van der Waals surface area contributed by atoms with E-state index >= 15 is 0 Å². The van der Waals surface area contributed by atoms with Crippen LogP contribution < -0.4 is 11.1 Å². The monoisotopic (exact) mass is 256 g/mol. The molecule has 2 unspecified atom stereocenters. The molecule has 0 bridgehead atoms. The van der Waals surface area contributed by atoms with Crippen LogP contribution in [0.3, 0.4) is 0 Å². The van der Waals surface area contributed by atoms with Crippen molar-refractivity contribution in [3.63, 3.8) is 0 Å². The van der Waals surface area contributed by atoms with Crippen molar-refractivity contribution in [2.45, 2.75) is 32.7 Å². The zero-order valence-electron chi connectivity index (χ0n) is 10.6. The lowest BCUT2D eigenvalue weighted by atomic mass is 10.2. The van der Waals surface area contributed by atoms with E-state index in [-0.39, 0.29) is 6.04 Å². The SMILES string of the molecule is CCc1c(N)ncnc1NC(C)CCS(C)=O. The molecule has 3 N–H and O–H groups in total. The van der Waals surface area contributed by atoms with Gasteiger partial charge >= 0.3 is 0 Å². The molecule has 0 aromatic carbocycles. The summed E-state index contributed by atoms with van der Waals surface area (Å²) in [5.74, 6) is 2.00. The highest BCUT2D eigenvalue weighted by Gasteiger charge is 2.10. The Balaban J connectivity index is 2.67. The van der Waals surface area contributed by atoms with Gasteiger partial charge in [0.15, 0.2) is 0 Å². The normalized spacial score (nSPS) is 14.3. The summed E-state index contributed by atoms with van der Waals surface area (Å²) in [6, 6.07) is 0.221. The first-order valence-electron chi connectivity index (χ1n) is 5.70. The Bertz CT molecular complexity index is 397. The van der Waals surface area contributed by atoms with Crippen LogP contribution in [-0.2, 0) is 17.2 Å². The van der Waals surface area contributed by atoms with Crippen LogP contribution in [0, 0.1) is 0 Å². The van der Waals surface area contributed by atoms with Gasteiger partial charge in [-0.3, -0.25) is 4.21 Å². The minimum absolute atomic E-state index is 0.221. The number of aromatic nitrogens is 2. The van der Waals surface area contributed by atoms with E-state index in [0.717, 1.165) is 24.2 Å². The standard InChI is InChI=1S/C11H20N4OS/c1-4-9-10(12)13-7-14-11(9)15-8(2)5-6-17(3)16/h7-8H,4-6H2,1-3H3,(H3,12,13,14,15). The number of nitrogens with two attached hydrogens (primary N) is 1. The highest BCUT2D eigenvalue weighted by Crippen LogP contribution is 2.18. The molecule has 0 amide bonds. The van der Waals surface area contributed by atoms with Gasteiger partial charge in [-0.25, -0.2) is 9.97 Å². The Labute approximate surface area is 105 Å². The Morgan fingerprint density at radius 3 is 2.82 bits per heavy atom. The van der Waals surface area contributed by atoms with Crippen molar-refractivity contribution in [2.75, 3.05) is 23.1 Å². The molecule has 1 aromatic rings. The molecule has 17 heavy (non-hydrogen) atoms. The fourth-order valence-electron chi connectivity index (χ4n) is 1.55. The van der Waals surface area contributed by atoms with Crippen LogP contribution in [0.15, 0.2) is 6.33 Å². The molecule has 1 heterocycles. The van der Waals surface area contributed by atoms with E-state index < -0.39 is 10.8 Å². The lowest BCUT2D eigenvalue weighted by Crippen LogP contribution is -2.20. The van der Waals surface area contributed by atoms with Crippen LogP contribution in [-0.4, -0.2) is 32.2 Å². The van der Waals surface area contributed by atoms with Gasteiger partial charge in [0.25, 0.3) is 0 Å². The van der Waals surface area contributed by atoms with Crippen LogP contribution >= 0.6 is 0 Å². The molecule has 0 aliphatic heterocycles. The van der Waals surface area contributed by atoms with Gasteiger partial charge in [-0.2, -0.15) is 0 Å². The first-order chi connectivity index (χ1) is 8.04. The number of anilines is 2. The molecule has 1 rings (SSSR count). The van der Waals surface area contributed by atoms with Crippen LogP contribution in [0.2, 0.25) is 0 Å². The maximum atomic E-state index is 11.0. The van der Waals surface area contributed by atoms with E-state index in [1.807, 2.05) is 13.8 Å². The highest BCUT2D eigenvalue weighted by molar-refractivity contribution is 7.84. The van der Waals surface area contributed by atoms with Crippen molar-refractivity contribution >= 4 is 22.4 Å². The van der Waals surface area contributed by atoms with Gasteiger partial charge < -0.3 is 11.1 Å². The Hall–Kier alpha value is -1.17. The lowest BCUT2D eigenvalue weighted by Gasteiger charge is -2.16. The van der Waals surface area contributed by atoms with E-state index in [0.29, 0.717) is 11.6 Å². The number of rotatable bonds is 6. The van der Waals surface area contributed by atoms with Gasteiger partial charge in [-0.15, -0.1) is 0 Å². The van der Waals surface area contributed by atoms with E-state index in [4.69, 9.17) is 5.73 Å². The Kier molecular flexibility index (Phi) is 5.34. The van der Waals surface area contributed by atoms with Gasteiger partial charge in [0.1, 0.15) is 18.0 Å². The fraction of sp³-hybridized carbons (Fsp3) is 0.636. The molecule has 6 heteroatoms. The molecule has 0 saturated heterocycles. The maximum Gasteiger partial charge on any atom is 0.134 e. The zero-order valence-corrected chi connectivity index (χ0v) is 11.4. The summed E-state index contributed by atoms with van der Waals surface area (Å²) in [5.41, 5.74) is 6.73. The summed E-state index contributed by atoms with van der Waals surface area (Å²) in [6.45, 7) is 4.07. The predicted molar refractivity (Wildman–Crippen MR) is 72.5 cm³/mol. The molecule has 0 aliphatic carbocycles. The predicted octanol–water partition coefficient (Wildman–Crippen LogP) is 1.19. The summed E-state index contributed by atoms with van der Waals surface area (Å²) < 4.78 is 11.0. The van der Waals surface area contributed by atoms with E-state index in [1.165, 1.54) is 6.33 Å². The largest absolute Gasteiger partial charge is 0.383 e. The fourth-order valence-corrected chi connectivity index (χ4v) is 2.23. The second-order valence-electron chi connectivity index (χ2n) is 4.05. The molecule has 2 atom stereocenters. The third kappa shape index (κ3) is 4.30. The quantitative estimate of drug-likeness (QED) is 0.799. The molecule has 0 fully saturated rings. The number of hydrogen-bond acceptors (Lipinski definition) is 5. The van der Waals surface area contributed by atoms with Gasteiger partial charge in [0.2, 0.25) is 0 Å². The molecule has 96 valence electrons. The third-order valence-corrected chi connectivity index (χ3v) is 3.36. The molecule has 0 saturated carbocycles. The van der Waals surface area contributed by atoms with Crippen LogP contribution in [0.4, 0.5) is 11.6 Å². The molecule has 5 nitrogen and oxygen atoms in total. The topological polar surface area (TPSA) is 80.9 Å². The van der Waals surface area contributed by atoms with Crippen LogP contribution in [0.1, 0.15) is 25.8 Å². The van der Waals surface area contributed by atoms with E-state index in [2.05, 4.69) is 15.3 Å². The summed E-state index contributed by atoms with van der Waals surface area (Å²) in [6.07, 6.45) is 4.81. The molecule has 1 aromatic heterocycles. The van der Waals surface area contributed by atoms with Crippen LogP contribution in [0.25, 0.3) is 0 Å². The number of nitrogen functional groups attached to an aromatic ring is 1. The Morgan fingerprint density at radius 1 is 1.53 bits per heavy atom. The van der Waals surface area contributed by atoms with Crippen molar-refractivity contribution < 1.29 is 4.21 Å². The molecule has 0 spiro atoms.